The average molecular weight is 791 g/mol. The molecule has 0 saturated heterocycles. The van der Waals surface area contributed by atoms with Crippen molar-refractivity contribution in [2.75, 3.05) is 4.72 Å². The summed E-state index contributed by atoms with van der Waals surface area (Å²) in [4.78, 5) is 23.6. The minimum atomic E-state index is -4.68. The molecule has 24 heteroatoms. The Morgan fingerprint density at radius 2 is 1.53 bits per heavy atom. The van der Waals surface area contributed by atoms with Crippen LogP contribution in [0.2, 0.25) is 0 Å². The van der Waals surface area contributed by atoms with Gasteiger partial charge in [-0.1, -0.05) is 48.4 Å². The monoisotopic (exact) mass is 790 g/mol. The molecule has 2 aromatic rings. The Labute approximate surface area is 293 Å². The summed E-state index contributed by atoms with van der Waals surface area (Å²) >= 11 is 0. The van der Waals surface area contributed by atoms with E-state index in [2.05, 4.69) is 30.0 Å². The summed E-state index contributed by atoms with van der Waals surface area (Å²) in [6.07, 6.45) is 7.23. The summed E-state index contributed by atoms with van der Waals surface area (Å²) in [5.41, 5.74) is -0.505. The van der Waals surface area contributed by atoms with E-state index in [4.69, 9.17) is 0 Å². The minimum Gasteiger partial charge on any atom is -0.310 e. The van der Waals surface area contributed by atoms with Crippen LogP contribution in [0.15, 0.2) is 32.9 Å². The molecule has 0 aromatic carbocycles. The maximum atomic E-state index is 12.7. The van der Waals surface area contributed by atoms with Crippen molar-refractivity contribution in [1.29, 1.82) is 0 Å². The first-order valence-electron chi connectivity index (χ1n) is 14.7. The highest BCUT2D eigenvalue weighted by Gasteiger charge is 2.32. The lowest BCUT2D eigenvalue weighted by atomic mass is 9.72. The summed E-state index contributed by atoms with van der Waals surface area (Å²) in [7, 11) is -17.3. The van der Waals surface area contributed by atoms with E-state index in [9.17, 15) is 53.1 Å². The number of aromatic nitrogens is 4. The number of carbonyl (C=O) groups is 2. The second-order valence-electron chi connectivity index (χ2n) is 12.8. The van der Waals surface area contributed by atoms with Crippen molar-refractivity contribution in [3.63, 3.8) is 0 Å². The zero-order valence-electron chi connectivity index (χ0n) is 27.3. The van der Waals surface area contributed by atoms with E-state index < -0.39 is 75.7 Å². The highest BCUT2D eigenvalue weighted by molar-refractivity contribution is 8.28. The fraction of sp³-hybridized carbons (Fsp3) is 0.370. The van der Waals surface area contributed by atoms with Crippen LogP contribution in [0, 0.1) is 11.3 Å². The van der Waals surface area contributed by atoms with Gasteiger partial charge in [-0.3, -0.25) is 32.5 Å². The molecule has 0 radical (unpaired) electrons. The molecule has 7 N–H and O–H groups in total. The zero-order chi connectivity index (χ0) is 37.9. The van der Waals surface area contributed by atoms with Gasteiger partial charge in [-0.05, 0) is 30.3 Å². The molecule has 2 amide bonds. The topological polar surface area (TPSA) is 302 Å². The van der Waals surface area contributed by atoms with Gasteiger partial charge in [0.1, 0.15) is 17.3 Å². The largest absolute Gasteiger partial charge is 0.310 e. The third-order valence-electron chi connectivity index (χ3n) is 7.42. The lowest BCUT2D eigenvalue weighted by molar-refractivity contribution is -0.118. The molecule has 0 fully saturated rings. The van der Waals surface area contributed by atoms with Crippen LogP contribution in [0.4, 0.5) is 5.82 Å². The first-order chi connectivity index (χ1) is 23.3. The van der Waals surface area contributed by atoms with Crippen LogP contribution >= 0.6 is 10.8 Å². The first-order valence-corrected chi connectivity index (χ1v) is 21.0. The van der Waals surface area contributed by atoms with Gasteiger partial charge in [-0.15, -0.1) is 4.40 Å². The number of carbonyl (C=O) groups excluding carboxylic acids is 2. The van der Waals surface area contributed by atoms with Crippen LogP contribution in [0.1, 0.15) is 57.5 Å². The lowest BCUT2D eigenvalue weighted by Gasteiger charge is -2.35. The highest BCUT2D eigenvalue weighted by atomic mass is 32.3. The number of nitrogens with one attached hydrogen (secondary N) is 3. The molecule has 2 aliphatic heterocycles. The maximum absolute atomic E-state index is 12.7. The van der Waals surface area contributed by atoms with Gasteiger partial charge in [0.2, 0.25) is 11.8 Å². The summed E-state index contributed by atoms with van der Waals surface area (Å²) < 4.78 is 122. The molecule has 51 heavy (non-hydrogen) atoms. The number of hydrogen-bond acceptors (Lipinski definition) is 13. The molecule has 4 heterocycles. The minimum absolute atomic E-state index is 0.0257. The zero-order valence-corrected chi connectivity index (χ0v) is 30.6. The van der Waals surface area contributed by atoms with Crippen LogP contribution in [0.25, 0.3) is 23.8 Å². The van der Waals surface area contributed by atoms with E-state index in [1.165, 1.54) is 19.1 Å². The predicted molar refractivity (Wildman–Crippen MR) is 185 cm³/mol. The van der Waals surface area contributed by atoms with Crippen molar-refractivity contribution < 1.29 is 53.1 Å². The van der Waals surface area contributed by atoms with E-state index in [1.54, 1.807) is 12.2 Å². The Kier molecular flexibility index (Phi) is 9.78. The number of sulfonamides is 1. The normalized spacial score (nSPS) is 21.6. The number of rotatable bonds is 9. The molecule has 278 valence electrons. The number of amides is 2. The first kappa shape index (κ1) is 38.1. The number of allylic oxidation sites excluding steroid dienone is 3. The maximum Gasteiger partial charge on any atom is 0.281 e. The predicted octanol–water partition coefficient (Wildman–Crippen LogP) is 0.550. The van der Waals surface area contributed by atoms with Crippen LogP contribution in [-0.4, -0.2) is 74.8 Å². The van der Waals surface area contributed by atoms with Gasteiger partial charge in [0, 0.05) is 24.6 Å². The molecule has 20 nitrogen and oxygen atoms in total. The van der Waals surface area contributed by atoms with E-state index >= 15 is 0 Å². The van der Waals surface area contributed by atoms with E-state index in [0.717, 1.165) is 21.7 Å². The number of fused-ring (bicyclic) bond motifs is 2. The van der Waals surface area contributed by atoms with Gasteiger partial charge in [-0.25, -0.2) is 0 Å². The fourth-order valence-electron chi connectivity index (χ4n) is 5.90. The van der Waals surface area contributed by atoms with Crippen molar-refractivity contribution in [3.05, 3.63) is 56.2 Å². The second kappa shape index (κ2) is 13.1. The Hall–Kier alpha value is -4.17. The van der Waals surface area contributed by atoms with Crippen molar-refractivity contribution in [2.45, 2.75) is 52.0 Å². The van der Waals surface area contributed by atoms with Crippen molar-refractivity contribution >= 4 is 82.5 Å². The quantitative estimate of drug-likeness (QED) is 0.171. The summed E-state index contributed by atoms with van der Waals surface area (Å²) in [6, 6.07) is 0. The van der Waals surface area contributed by atoms with Gasteiger partial charge >= 0.3 is 0 Å². The Morgan fingerprint density at radius 1 is 0.961 bits per heavy atom. The van der Waals surface area contributed by atoms with Gasteiger partial charge in [0.25, 0.3) is 30.3 Å². The Bertz CT molecular complexity index is 2440. The van der Waals surface area contributed by atoms with Crippen molar-refractivity contribution in [1.82, 2.24) is 30.2 Å². The standard InChI is InChI=1S/C27H34N8O12S4/c1-15(36)28-23-13-48(38,39)32-25-19(21(30-34(23)25)11-50(42,43)44)6-5-17-7-18(10-27(3,4)9-17)8-20-22(12-51(45,46)47)31-35-24(29-16(2)37)14-49(40,41)33-26(20)35/h5-8,13-14,18,32,38-39H,9-12H2,1-4H3,(H,28,36)(H,29,37)(H,42,43,44)(H,45,46,47)/b6-5+,20-8+. The third kappa shape index (κ3) is 9.39. The van der Waals surface area contributed by atoms with Crippen LogP contribution in [-0.2, 0) is 51.4 Å². The van der Waals surface area contributed by atoms with Crippen molar-refractivity contribution in [2.24, 2.45) is 15.7 Å². The van der Waals surface area contributed by atoms with E-state index in [-0.39, 0.29) is 45.1 Å². The van der Waals surface area contributed by atoms with Crippen molar-refractivity contribution in [3.8, 4) is 0 Å². The smallest absolute Gasteiger partial charge is 0.281 e. The van der Waals surface area contributed by atoms with Crippen LogP contribution < -0.4 is 26.1 Å². The molecular formula is C27H34N8O12S4. The number of hydrogen-bond donors (Lipinski definition) is 7. The molecule has 0 bridgehead atoms. The average Bonchev–Trinajstić information content (AvgIpc) is 3.39. The van der Waals surface area contributed by atoms with Crippen LogP contribution in [0.3, 0.4) is 0 Å². The summed E-state index contributed by atoms with van der Waals surface area (Å²) in [5, 5.41) is 14.6. The molecule has 1 aliphatic carbocycles. The molecule has 0 saturated carbocycles. The van der Waals surface area contributed by atoms with Gasteiger partial charge in [0.15, 0.2) is 17.1 Å². The Balaban J connectivity index is 1.65. The molecule has 2 aromatic heterocycles. The van der Waals surface area contributed by atoms with E-state index in [0.29, 0.717) is 23.8 Å². The lowest BCUT2D eigenvalue weighted by Crippen LogP contribution is -2.39. The van der Waals surface area contributed by atoms with Crippen LogP contribution in [0.5, 0.6) is 0 Å². The molecule has 3 aliphatic rings. The second-order valence-corrected chi connectivity index (χ2v) is 18.8. The van der Waals surface area contributed by atoms with Gasteiger partial charge in [-0.2, -0.15) is 44.8 Å². The van der Waals surface area contributed by atoms with Gasteiger partial charge < -0.3 is 10.6 Å². The number of nitrogens with zero attached hydrogens (tertiary/aromatic N) is 5. The summed E-state index contributed by atoms with van der Waals surface area (Å²) in [5.74, 6) is -4.30. The SMILES string of the molecule is CC(=O)NC1=CS(O)(O)Nc2c(/C=C/C3=CC(/C=c4\c(CS(=O)(=O)O)nn5c4=NS(=O)(=O)C=C5NC(C)=O)CC(C)(C)C3)c(CS(=O)(=O)O)nn21. The third-order valence-corrected chi connectivity index (χ3v) is 10.7. The molecule has 1 atom stereocenters. The van der Waals surface area contributed by atoms with E-state index in [1.807, 2.05) is 13.8 Å². The highest BCUT2D eigenvalue weighted by Crippen LogP contribution is 2.48. The van der Waals surface area contributed by atoms with Gasteiger partial charge in [0.05, 0.1) is 22.2 Å². The fourth-order valence-corrected chi connectivity index (χ4v) is 8.93. The molecule has 0 spiro atoms. The molecular weight excluding hydrogens is 757 g/mol. The summed E-state index contributed by atoms with van der Waals surface area (Å²) in [6.45, 7) is 6.16. The molecule has 5 rings (SSSR count). The Morgan fingerprint density at radius 3 is 2.12 bits per heavy atom. The number of anilines is 1. The molecule has 1 unspecified atom stereocenters.